The van der Waals surface area contributed by atoms with Crippen molar-refractivity contribution < 1.29 is 14.2 Å². The topological polar surface area (TPSA) is 74.9 Å². The molecule has 0 atom stereocenters. The normalized spacial score (nSPS) is 14.9. The fourth-order valence-electron chi connectivity index (χ4n) is 4.08. The van der Waals surface area contributed by atoms with E-state index in [4.69, 9.17) is 11.3 Å². The smallest absolute Gasteiger partial charge is 0.188 e. The maximum Gasteiger partial charge on any atom is 0.188 e. The van der Waals surface area contributed by atoms with Gasteiger partial charge in [0, 0.05) is 43.2 Å². The van der Waals surface area contributed by atoms with Gasteiger partial charge in [-0.15, -0.1) is 22.6 Å². The highest BCUT2D eigenvalue weighted by Crippen LogP contribution is 2.35. The van der Waals surface area contributed by atoms with Crippen molar-refractivity contribution in [2.24, 2.45) is 0 Å². The highest BCUT2D eigenvalue weighted by molar-refractivity contribution is 6.00. The van der Waals surface area contributed by atoms with Gasteiger partial charge in [-0.1, -0.05) is 24.3 Å². The van der Waals surface area contributed by atoms with Gasteiger partial charge in [0.25, 0.3) is 0 Å². The number of fused-ring (bicyclic) bond motifs is 1. The number of piperidine rings is 1. The number of ether oxygens (including phenoxy) is 1. The summed E-state index contributed by atoms with van der Waals surface area (Å²) in [4.78, 5) is 5.55. The summed E-state index contributed by atoms with van der Waals surface area (Å²) in [6.45, 7) is 10.4. The van der Waals surface area contributed by atoms with Gasteiger partial charge in [-0.2, -0.15) is 0 Å². The van der Waals surface area contributed by atoms with E-state index in [1.54, 1.807) is 19.2 Å². The average molecular weight is 472 g/mol. The van der Waals surface area contributed by atoms with Crippen molar-refractivity contribution in [1.29, 1.82) is 0 Å². The van der Waals surface area contributed by atoms with Crippen molar-refractivity contribution in [3.05, 3.63) is 58.9 Å². The lowest BCUT2D eigenvalue weighted by molar-refractivity contribution is 0.0480. The largest absolute Gasteiger partial charge is 0.496 e. The van der Waals surface area contributed by atoms with Crippen LogP contribution < -0.4 is 15.0 Å². The molecule has 7 nitrogen and oxygen atoms in total. The van der Waals surface area contributed by atoms with Gasteiger partial charge in [-0.3, -0.25) is 0 Å². The summed E-state index contributed by atoms with van der Waals surface area (Å²) in [5, 5.41) is 23.2. The first-order chi connectivity index (χ1) is 15.5. The molecule has 2 N–H and O–H groups in total. The van der Waals surface area contributed by atoms with Crippen molar-refractivity contribution in [3.8, 4) is 5.75 Å². The minimum Gasteiger partial charge on any atom is -0.496 e. The minimum atomic E-state index is -1.53. The Morgan fingerprint density at radius 3 is 2.58 bits per heavy atom. The second-order valence-electron chi connectivity index (χ2n) is 8.17. The Hall–Kier alpha value is -3.15. The molecule has 3 aromatic rings. The first kappa shape index (κ1) is 24.5. The molecule has 2 heterocycles. The Bertz CT molecular complexity index is 1180. The lowest BCUT2D eigenvalue weighted by Gasteiger charge is -2.36. The highest BCUT2D eigenvalue weighted by Gasteiger charge is 2.34. The third-order valence-electron chi connectivity index (χ3n) is 6.03. The standard InChI is InChI=1S/C24H26FN5O2.ClH/c1-16-12-17(4-7-21(16)32-3)14-27-22-20-13-18(26-2)5-6-19(20)23(29-28-22)30-10-8-24(25,15-31)9-11-30;/h4-7,12-13,31H,8-11,14-15H2,1,3H3,(H,27,28);1H. The molecule has 4 rings (SSSR count). The van der Waals surface area contributed by atoms with Gasteiger partial charge in [0.05, 0.1) is 20.3 Å². The number of nitrogens with one attached hydrogen (secondary N) is 1. The van der Waals surface area contributed by atoms with Crippen LogP contribution in [0, 0.1) is 13.5 Å². The molecule has 0 radical (unpaired) electrons. The number of aromatic nitrogens is 2. The van der Waals surface area contributed by atoms with Crippen LogP contribution in [-0.4, -0.2) is 47.8 Å². The Morgan fingerprint density at radius 2 is 1.94 bits per heavy atom. The molecule has 0 aliphatic carbocycles. The van der Waals surface area contributed by atoms with Crippen molar-refractivity contribution in [1.82, 2.24) is 10.2 Å². The number of halogens is 2. The molecule has 1 saturated heterocycles. The molecule has 0 amide bonds. The van der Waals surface area contributed by atoms with Gasteiger partial charge in [0.2, 0.25) is 0 Å². The molecular formula is C24H27ClFN5O2. The number of benzene rings is 2. The third kappa shape index (κ3) is 5.10. The highest BCUT2D eigenvalue weighted by atomic mass is 35.5. The molecule has 1 aliphatic heterocycles. The predicted octanol–water partition coefficient (Wildman–Crippen LogP) is 4.83. The number of rotatable bonds is 6. The zero-order chi connectivity index (χ0) is 22.7. The van der Waals surface area contributed by atoms with Gasteiger partial charge in [0.1, 0.15) is 11.4 Å². The molecule has 1 fully saturated rings. The van der Waals surface area contributed by atoms with Crippen LogP contribution in [0.25, 0.3) is 15.6 Å². The van der Waals surface area contributed by atoms with Gasteiger partial charge in [-0.05, 0) is 30.2 Å². The number of anilines is 2. The van der Waals surface area contributed by atoms with E-state index in [9.17, 15) is 9.50 Å². The summed E-state index contributed by atoms with van der Waals surface area (Å²) in [5.74, 6) is 2.10. The zero-order valence-corrected chi connectivity index (χ0v) is 19.5. The summed E-state index contributed by atoms with van der Waals surface area (Å²) in [6, 6.07) is 11.4. The summed E-state index contributed by atoms with van der Waals surface area (Å²) in [5.41, 5.74) is 1.10. The number of aliphatic hydroxyl groups excluding tert-OH is 1. The van der Waals surface area contributed by atoms with E-state index in [-0.39, 0.29) is 25.2 Å². The molecule has 1 aromatic heterocycles. The Balaban J connectivity index is 0.00000306. The third-order valence-corrected chi connectivity index (χ3v) is 6.03. The predicted molar refractivity (Wildman–Crippen MR) is 130 cm³/mol. The van der Waals surface area contributed by atoms with Crippen LogP contribution in [-0.2, 0) is 6.54 Å². The van der Waals surface area contributed by atoms with Gasteiger partial charge in [0.15, 0.2) is 17.3 Å². The fraction of sp³-hybridized carbons (Fsp3) is 0.375. The second kappa shape index (κ2) is 10.2. The number of nitrogens with zero attached hydrogens (tertiary/aromatic N) is 4. The molecular weight excluding hydrogens is 445 g/mol. The van der Waals surface area contributed by atoms with Gasteiger partial charge >= 0.3 is 0 Å². The SMILES string of the molecule is Cl.[C-]#[N+]c1ccc2c(N3CCC(F)(CO)CC3)nnc(NCc3ccc(OC)c(C)c3)c2c1. The monoisotopic (exact) mass is 471 g/mol. The molecule has 0 bridgehead atoms. The summed E-state index contributed by atoms with van der Waals surface area (Å²) in [6.07, 6.45) is 0.479. The summed E-state index contributed by atoms with van der Waals surface area (Å²) in [7, 11) is 1.65. The molecule has 0 unspecified atom stereocenters. The van der Waals surface area contributed by atoms with E-state index < -0.39 is 12.3 Å². The van der Waals surface area contributed by atoms with E-state index in [0.717, 1.165) is 27.6 Å². The van der Waals surface area contributed by atoms with Crippen molar-refractivity contribution in [2.75, 3.05) is 37.0 Å². The molecule has 2 aromatic carbocycles. The average Bonchev–Trinajstić information content (AvgIpc) is 2.83. The number of alkyl halides is 1. The van der Waals surface area contributed by atoms with Crippen LogP contribution in [0.3, 0.4) is 0 Å². The van der Waals surface area contributed by atoms with Gasteiger partial charge < -0.3 is 20.1 Å². The van der Waals surface area contributed by atoms with Crippen molar-refractivity contribution in [3.63, 3.8) is 0 Å². The molecule has 9 heteroatoms. The van der Waals surface area contributed by atoms with Crippen LogP contribution in [0.15, 0.2) is 36.4 Å². The lowest BCUT2D eigenvalue weighted by atomic mass is 9.94. The van der Waals surface area contributed by atoms with Crippen LogP contribution in [0.4, 0.5) is 21.7 Å². The maximum absolute atomic E-state index is 14.4. The van der Waals surface area contributed by atoms with E-state index >= 15 is 0 Å². The number of hydrogen-bond acceptors (Lipinski definition) is 6. The van der Waals surface area contributed by atoms with Crippen molar-refractivity contribution >= 4 is 40.5 Å². The van der Waals surface area contributed by atoms with Crippen LogP contribution in [0.5, 0.6) is 5.75 Å². The van der Waals surface area contributed by atoms with E-state index in [1.807, 2.05) is 30.0 Å². The second-order valence-corrected chi connectivity index (χ2v) is 8.17. The minimum absolute atomic E-state index is 0. The lowest BCUT2D eigenvalue weighted by Crippen LogP contribution is -2.44. The maximum atomic E-state index is 14.4. The number of methoxy groups -OCH3 is 1. The number of aliphatic hydroxyl groups is 1. The Kier molecular flexibility index (Phi) is 7.57. The first-order valence-electron chi connectivity index (χ1n) is 10.6. The molecule has 0 spiro atoms. The van der Waals surface area contributed by atoms with E-state index in [0.29, 0.717) is 37.0 Å². The van der Waals surface area contributed by atoms with Crippen LogP contribution >= 0.6 is 12.4 Å². The quantitative estimate of drug-likeness (QED) is 0.501. The number of hydrogen-bond donors (Lipinski definition) is 2. The molecule has 174 valence electrons. The van der Waals surface area contributed by atoms with E-state index in [2.05, 4.69) is 26.4 Å². The molecule has 33 heavy (non-hydrogen) atoms. The number of aryl methyl sites for hydroxylation is 1. The fourth-order valence-corrected chi connectivity index (χ4v) is 4.08. The van der Waals surface area contributed by atoms with Gasteiger partial charge in [-0.25, -0.2) is 9.24 Å². The van der Waals surface area contributed by atoms with Crippen LogP contribution in [0.2, 0.25) is 0 Å². The zero-order valence-electron chi connectivity index (χ0n) is 18.6. The molecule has 0 saturated carbocycles. The van der Waals surface area contributed by atoms with E-state index in [1.165, 1.54) is 0 Å². The van der Waals surface area contributed by atoms with Crippen LogP contribution in [0.1, 0.15) is 24.0 Å². The Morgan fingerprint density at radius 1 is 1.18 bits per heavy atom. The Labute approximate surface area is 198 Å². The van der Waals surface area contributed by atoms with Crippen molar-refractivity contribution in [2.45, 2.75) is 32.0 Å². The summed E-state index contributed by atoms with van der Waals surface area (Å²) >= 11 is 0. The first-order valence-corrected chi connectivity index (χ1v) is 10.6. The summed E-state index contributed by atoms with van der Waals surface area (Å²) < 4.78 is 19.8. The molecule has 1 aliphatic rings.